The summed E-state index contributed by atoms with van der Waals surface area (Å²) in [7, 11) is 0. The SMILES string of the molecule is C=C(C)C(=O)OC1(CC)CCCc2ccc(F)cc21. The van der Waals surface area contributed by atoms with Crippen LogP contribution in [0.25, 0.3) is 0 Å². The Morgan fingerprint density at radius 1 is 1.53 bits per heavy atom. The van der Waals surface area contributed by atoms with Crippen molar-refractivity contribution in [3.8, 4) is 0 Å². The van der Waals surface area contributed by atoms with E-state index in [1.165, 1.54) is 12.1 Å². The molecule has 0 bridgehead atoms. The van der Waals surface area contributed by atoms with Crippen LogP contribution in [0.4, 0.5) is 4.39 Å². The molecule has 0 aromatic heterocycles. The van der Waals surface area contributed by atoms with Gasteiger partial charge >= 0.3 is 5.97 Å². The minimum atomic E-state index is -0.703. The number of aryl methyl sites for hydroxylation is 1. The normalized spacial score (nSPS) is 21.6. The number of carbonyl (C=O) groups excluding carboxylic acids is 1. The molecule has 0 radical (unpaired) electrons. The number of carbonyl (C=O) groups is 1. The van der Waals surface area contributed by atoms with E-state index in [2.05, 4.69) is 6.58 Å². The van der Waals surface area contributed by atoms with Crippen molar-refractivity contribution in [2.75, 3.05) is 0 Å². The van der Waals surface area contributed by atoms with Gasteiger partial charge in [-0.3, -0.25) is 0 Å². The zero-order valence-electron chi connectivity index (χ0n) is 11.5. The van der Waals surface area contributed by atoms with E-state index in [1.54, 1.807) is 13.0 Å². The summed E-state index contributed by atoms with van der Waals surface area (Å²) in [6, 6.07) is 4.76. The molecule has 1 aromatic carbocycles. The Bertz CT molecular complexity index is 521. The van der Waals surface area contributed by atoms with E-state index in [9.17, 15) is 9.18 Å². The zero-order chi connectivity index (χ0) is 14.0. The van der Waals surface area contributed by atoms with Crippen molar-refractivity contribution in [2.45, 2.75) is 45.1 Å². The Morgan fingerprint density at radius 3 is 2.89 bits per heavy atom. The molecule has 0 amide bonds. The molecular formula is C16H19FO2. The van der Waals surface area contributed by atoms with Crippen LogP contribution in [0.3, 0.4) is 0 Å². The predicted molar refractivity (Wildman–Crippen MR) is 72.2 cm³/mol. The number of esters is 1. The van der Waals surface area contributed by atoms with Gasteiger partial charge in [-0.05, 0) is 50.3 Å². The maximum Gasteiger partial charge on any atom is 0.333 e. The van der Waals surface area contributed by atoms with Crippen molar-refractivity contribution >= 4 is 5.97 Å². The van der Waals surface area contributed by atoms with E-state index < -0.39 is 11.6 Å². The molecule has 0 saturated heterocycles. The molecule has 102 valence electrons. The van der Waals surface area contributed by atoms with E-state index in [1.807, 2.05) is 6.92 Å². The summed E-state index contributed by atoms with van der Waals surface area (Å²) in [5.41, 5.74) is 1.56. The van der Waals surface area contributed by atoms with Crippen LogP contribution < -0.4 is 0 Å². The van der Waals surface area contributed by atoms with Gasteiger partial charge in [0.25, 0.3) is 0 Å². The van der Waals surface area contributed by atoms with Crippen LogP contribution in [0.2, 0.25) is 0 Å². The molecule has 1 aliphatic rings. The Labute approximate surface area is 113 Å². The second-order valence-corrected chi connectivity index (χ2v) is 5.17. The third kappa shape index (κ3) is 2.55. The van der Waals surface area contributed by atoms with Crippen LogP contribution in [0.5, 0.6) is 0 Å². The molecule has 0 fully saturated rings. The van der Waals surface area contributed by atoms with E-state index >= 15 is 0 Å². The average Bonchev–Trinajstić information content (AvgIpc) is 2.39. The molecule has 0 N–H and O–H groups in total. The average molecular weight is 262 g/mol. The van der Waals surface area contributed by atoms with Crippen molar-refractivity contribution in [3.05, 3.63) is 47.3 Å². The standard InChI is InChI=1S/C16H19FO2/c1-4-16(19-15(18)11(2)3)9-5-6-12-7-8-13(17)10-14(12)16/h7-8,10H,2,4-6,9H2,1,3H3. The van der Waals surface area contributed by atoms with Gasteiger partial charge in [-0.1, -0.05) is 19.6 Å². The van der Waals surface area contributed by atoms with Gasteiger partial charge in [0, 0.05) is 11.1 Å². The molecule has 1 atom stereocenters. The number of benzene rings is 1. The largest absolute Gasteiger partial charge is 0.451 e. The lowest BCUT2D eigenvalue weighted by Gasteiger charge is -2.38. The van der Waals surface area contributed by atoms with Crippen molar-refractivity contribution in [2.24, 2.45) is 0 Å². The maximum atomic E-state index is 13.5. The summed E-state index contributed by atoms with van der Waals surface area (Å²) in [5, 5.41) is 0. The lowest BCUT2D eigenvalue weighted by atomic mass is 9.77. The molecule has 3 heteroatoms. The molecule has 0 saturated carbocycles. The quantitative estimate of drug-likeness (QED) is 0.610. The Balaban J connectivity index is 2.45. The van der Waals surface area contributed by atoms with E-state index in [-0.39, 0.29) is 5.82 Å². The van der Waals surface area contributed by atoms with Crippen LogP contribution >= 0.6 is 0 Å². The number of rotatable bonds is 3. The molecular weight excluding hydrogens is 243 g/mol. The topological polar surface area (TPSA) is 26.3 Å². The first kappa shape index (κ1) is 13.8. The molecule has 1 aliphatic carbocycles. The van der Waals surface area contributed by atoms with Gasteiger partial charge in [0.1, 0.15) is 11.4 Å². The fourth-order valence-electron chi connectivity index (χ4n) is 2.70. The van der Waals surface area contributed by atoms with Gasteiger partial charge in [-0.25, -0.2) is 9.18 Å². The molecule has 19 heavy (non-hydrogen) atoms. The second-order valence-electron chi connectivity index (χ2n) is 5.17. The van der Waals surface area contributed by atoms with E-state index in [0.29, 0.717) is 12.0 Å². The van der Waals surface area contributed by atoms with Crippen LogP contribution in [-0.2, 0) is 21.6 Å². The number of fused-ring (bicyclic) bond motifs is 1. The van der Waals surface area contributed by atoms with Crippen LogP contribution in [0.1, 0.15) is 44.2 Å². The van der Waals surface area contributed by atoms with Gasteiger partial charge < -0.3 is 4.74 Å². The summed E-state index contributed by atoms with van der Waals surface area (Å²) in [4.78, 5) is 11.9. The summed E-state index contributed by atoms with van der Waals surface area (Å²) in [6.45, 7) is 7.20. The van der Waals surface area contributed by atoms with Crippen molar-refractivity contribution in [1.29, 1.82) is 0 Å². The number of hydrogen-bond donors (Lipinski definition) is 0. The van der Waals surface area contributed by atoms with Crippen molar-refractivity contribution in [1.82, 2.24) is 0 Å². The highest BCUT2D eigenvalue weighted by molar-refractivity contribution is 5.87. The highest BCUT2D eigenvalue weighted by Crippen LogP contribution is 2.41. The predicted octanol–water partition coefficient (Wildman–Crippen LogP) is 3.89. The number of hydrogen-bond acceptors (Lipinski definition) is 2. The molecule has 0 spiro atoms. The number of halogens is 1. The van der Waals surface area contributed by atoms with Gasteiger partial charge in [0.2, 0.25) is 0 Å². The first-order valence-corrected chi connectivity index (χ1v) is 6.66. The maximum absolute atomic E-state index is 13.5. The van der Waals surface area contributed by atoms with E-state index in [0.717, 1.165) is 30.4 Å². The fourth-order valence-corrected chi connectivity index (χ4v) is 2.70. The molecule has 2 rings (SSSR count). The smallest absolute Gasteiger partial charge is 0.333 e. The van der Waals surface area contributed by atoms with Crippen molar-refractivity contribution in [3.63, 3.8) is 0 Å². The highest BCUT2D eigenvalue weighted by atomic mass is 19.1. The lowest BCUT2D eigenvalue weighted by Crippen LogP contribution is -2.36. The number of ether oxygens (including phenoxy) is 1. The third-order valence-electron chi connectivity index (χ3n) is 3.80. The van der Waals surface area contributed by atoms with Gasteiger partial charge in [-0.2, -0.15) is 0 Å². The van der Waals surface area contributed by atoms with E-state index in [4.69, 9.17) is 4.74 Å². The van der Waals surface area contributed by atoms with Crippen LogP contribution in [0.15, 0.2) is 30.4 Å². The third-order valence-corrected chi connectivity index (χ3v) is 3.80. The Kier molecular flexibility index (Phi) is 3.74. The van der Waals surface area contributed by atoms with Gasteiger partial charge in [0.05, 0.1) is 0 Å². The highest BCUT2D eigenvalue weighted by Gasteiger charge is 2.39. The van der Waals surface area contributed by atoms with Gasteiger partial charge in [0.15, 0.2) is 0 Å². The first-order valence-electron chi connectivity index (χ1n) is 6.66. The minimum Gasteiger partial charge on any atom is -0.451 e. The van der Waals surface area contributed by atoms with Crippen LogP contribution in [-0.4, -0.2) is 5.97 Å². The first-order chi connectivity index (χ1) is 8.98. The molecule has 1 aromatic rings. The zero-order valence-corrected chi connectivity index (χ0v) is 11.5. The van der Waals surface area contributed by atoms with Crippen LogP contribution in [0, 0.1) is 5.82 Å². The molecule has 0 aliphatic heterocycles. The lowest BCUT2D eigenvalue weighted by molar-refractivity contribution is -0.158. The van der Waals surface area contributed by atoms with Gasteiger partial charge in [-0.15, -0.1) is 0 Å². The minimum absolute atomic E-state index is 0.287. The second kappa shape index (κ2) is 5.16. The molecule has 0 heterocycles. The summed E-state index contributed by atoms with van der Waals surface area (Å²) in [6.07, 6.45) is 3.22. The molecule has 1 unspecified atom stereocenters. The fraction of sp³-hybridized carbons (Fsp3) is 0.438. The Hall–Kier alpha value is -1.64. The summed E-state index contributed by atoms with van der Waals surface area (Å²) < 4.78 is 19.2. The summed E-state index contributed by atoms with van der Waals surface area (Å²) in [5.74, 6) is -0.691. The summed E-state index contributed by atoms with van der Waals surface area (Å²) >= 11 is 0. The Morgan fingerprint density at radius 2 is 2.26 bits per heavy atom. The monoisotopic (exact) mass is 262 g/mol. The molecule has 2 nitrogen and oxygen atoms in total. The van der Waals surface area contributed by atoms with Crippen molar-refractivity contribution < 1.29 is 13.9 Å².